The normalized spacial score (nSPS) is 15.4. The number of hydrogen-bond acceptors (Lipinski definition) is 4. The summed E-state index contributed by atoms with van der Waals surface area (Å²) in [6.45, 7) is 4.81. The highest BCUT2D eigenvalue weighted by Crippen LogP contribution is 2.18. The van der Waals surface area contributed by atoms with Crippen LogP contribution in [-0.4, -0.2) is 61.2 Å². The Kier molecular flexibility index (Phi) is 7.34. The van der Waals surface area contributed by atoms with Gasteiger partial charge in [0.2, 0.25) is 10.0 Å². The number of sulfonamides is 1. The molecule has 0 unspecified atom stereocenters. The Hall–Kier alpha value is -1.61. The average molecular weight is 436 g/mol. The molecule has 0 radical (unpaired) electrons. The van der Waals surface area contributed by atoms with Crippen LogP contribution in [0.25, 0.3) is 0 Å². The molecular weight excluding hydrogens is 410 g/mol. The lowest BCUT2D eigenvalue weighted by Gasteiger charge is -2.35. The number of nitrogens with zero attached hydrogens (tertiary/aromatic N) is 2. The Balaban J connectivity index is 1.44. The first kappa shape index (κ1) is 21.1. The lowest BCUT2D eigenvalue weighted by Crippen LogP contribution is -2.53. The largest absolute Gasteiger partial charge is 0.362 e. The summed E-state index contributed by atoms with van der Waals surface area (Å²) in [5.41, 5.74) is 1.05. The van der Waals surface area contributed by atoms with Crippen LogP contribution in [0, 0.1) is 6.92 Å². The molecule has 0 atom stereocenters. The summed E-state index contributed by atoms with van der Waals surface area (Å²) >= 11 is 7.26. The molecule has 0 aromatic heterocycles. The van der Waals surface area contributed by atoms with E-state index in [2.05, 4.69) is 17.4 Å². The van der Waals surface area contributed by atoms with Gasteiger partial charge < -0.3 is 10.2 Å². The molecule has 1 fully saturated rings. The predicted octanol–water partition coefficient (Wildman–Crippen LogP) is 2.97. The van der Waals surface area contributed by atoms with Crippen LogP contribution in [0.1, 0.15) is 5.56 Å². The number of aryl methyl sites for hydroxylation is 1. The van der Waals surface area contributed by atoms with Crippen LogP contribution < -0.4 is 5.32 Å². The topological polar surface area (TPSA) is 52.7 Å². The molecule has 0 aliphatic carbocycles. The fourth-order valence-corrected chi connectivity index (χ4v) is 5.44. The van der Waals surface area contributed by atoms with Gasteiger partial charge in [0.25, 0.3) is 0 Å². The van der Waals surface area contributed by atoms with E-state index in [4.69, 9.17) is 12.2 Å². The summed E-state index contributed by atoms with van der Waals surface area (Å²) in [5.74, 6) is 0.923. The van der Waals surface area contributed by atoms with Crippen molar-refractivity contribution in [3.63, 3.8) is 0 Å². The minimum Gasteiger partial charge on any atom is -0.362 e. The zero-order chi connectivity index (χ0) is 20.0. The van der Waals surface area contributed by atoms with E-state index in [0.29, 0.717) is 36.2 Å². The number of nitrogens with one attached hydrogen (secondary N) is 1. The van der Waals surface area contributed by atoms with Crippen LogP contribution in [0.4, 0.5) is 0 Å². The van der Waals surface area contributed by atoms with Crippen molar-refractivity contribution in [2.45, 2.75) is 16.7 Å². The summed E-state index contributed by atoms with van der Waals surface area (Å²) in [6.07, 6.45) is 0. The van der Waals surface area contributed by atoms with Crippen LogP contribution in [0.15, 0.2) is 64.4 Å². The van der Waals surface area contributed by atoms with Crippen LogP contribution >= 0.6 is 24.0 Å². The van der Waals surface area contributed by atoms with Crippen LogP contribution in [0.2, 0.25) is 0 Å². The lowest BCUT2D eigenvalue weighted by molar-refractivity contribution is 0.264. The number of hydrogen-bond donors (Lipinski definition) is 1. The molecule has 5 nitrogen and oxygen atoms in total. The molecule has 2 aromatic rings. The highest BCUT2D eigenvalue weighted by atomic mass is 32.2. The predicted molar refractivity (Wildman–Crippen MR) is 119 cm³/mol. The van der Waals surface area contributed by atoms with E-state index in [0.717, 1.165) is 17.9 Å². The highest BCUT2D eigenvalue weighted by Gasteiger charge is 2.29. The molecule has 0 spiro atoms. The van der Waals surface area contributed by atoms with E-state index in [-0.39, 0.29) is 0 Å². The Bertz CT molecular complexity index is 879. The zero-order valence-corrected chi connectivity index (χ0v) is 18.3. The van der Waals surface area contributed by atoms with Gasteiger partial charge in [-0.1, -0.05) is 35.9 Å². The Morgan fingerprint density at radius 1 is 1.04 bits per heavy atom. The van der Waals surface area contributed by atoms with Crippen molar-refractivity contribution >= 4 is 39.1 Å². The zero-order valence-electron chi connectivity index (χ0n) is 15.9. The SMILES string of the molecule is Cc1ccc(S(=O)(=O)N2CCN(C(=S)NCCSc3ccccc3)CC2)cc1. The van der Waals surface area contributed by atoms with Gasteiger partial charge in [0, 0.05) is 43.4 Å². The van der Waals surface area contributed by atoms with Crippen molar-refractivity contribution in [3.05, 3.63) is 60.2 Å². The maximum Gasteiger partial charge on any atom is 0.243 e. The third kappa shape index (κ3) is 5.47. The highest BCUT2D eigenvalue weighted by molar-refractivity contribution is 7.99. The molecule has 8 heteroatoms. The molecule has 0 bridgehead atoms. The monoisotopic (exact) mass is 435 g/mol. The molecule has 2 aromatic carbocycles. The van der Waals surface area contributed by atoms with Crippen LogP contribution in [-0.2, 0) is 10.0 Å². The summed E-state index contributed by atoms with van der Waals surface area (Å²) in [7, 11) is -3.44. The third-order valence-electron chi connectivity index (χ3n) is 4.57. The summed E-state index contributed by atoms with van der Waals surface area (Å²) in [4.78, 5) is 3.64. The fourth-order valence-electron chi connectivity index (χ4n) is 2.95. The molecule has 0 amide bonds. The van der Waals surface area contributed by atoms with Gasteiger partial charge in [0.1, 0.15) is 0 Å². The van der Waals surface area contributed by atoms with Gasteiger partial charge in [-0.2, -0.15) is 4.31 Å². The summed E-state index contributed by atoms with van der Waals surface area (Å²) < 4.78 is 27.1. The Labute approximate surface area is 177 Å². The van der Waals surface area contributed by atoms with Crippen molar-refractivity contribution in [1.29, 1.82) is 0 Å². The standard InChI is InChI=1S/C20H25N3O2S3/c1-17-7-9-19(10-8-17)28(24,25)23-14-12-22(13-15-23)20(26)21-11-16-27-18-5-3-2-4-6-18/h2-10H,11-16H2,1H3,(H,21,26). The van der Waals surface area contributed by atoms with Crippen molar-refractivity contribution in [2.75, 3.05) is 38.5 Å². The van der Waals surface area contributed by atoms with Gasteiger partial charge in [-0.25, -0.2) is 8.42 Å². The quantitative estimate of drug-likeness (QED) is 0.428. The molecule has 1 N–H and O–H groups in total. The Morgan fingerprint density at radius 2 is 1.68 bits per heavy atom. The average Bonchev–Trinajstić information content (AvgIpc) is 2.72. The molecular formula is C20H25N3O2S3. The third-order valence-corrected chi connectivity index (χ3v) is 7.90. The maximum atomic E-state index is 12.8. The van der Waals surface area contributed by atoms with E-state index in [9.17, 15) is 8.42 Å². The van der Waals surface area contributed by atoms with Crippen molar-refractivity contribution in [1.82, 2.24) is 14.5 Å². The summed E-state index contributed by atoms with van der Waals surface area (Å²) in [5, 5.41) is 3.98. The fraction of sp³-hybridized carbons (Fsp3) is 0.350. The van der Waals surface area contributed by atoms with Crippen molar-refractivity contribution in [3.8, 4) is 0 Å². The maximum absolute atomic E-state index is 12.8. The van der Waals surface area contributed by atoms with Gasteiger partial charge >= 0.3 is 0 Å². The lowest BCUT2D eigenvalue weighted by atomic mass is 10.2. The molecule has 1 heterocycles. The van der Waals surface area contributed by atoms with Crippen molar-refractivity contribution in [2.24, 2.45) is 0 Å². The van der Waals surface area contributed by atoms with Gasteiger partial charge in [-0.05, 0) is 43.4 Å². The van der Waals surface area contributed by atoms with E-state index in [1.165, 1.54) is 4.90 Å². The van der Waals surface area contributed by atoms with E-state index in [1.807, 2.05) is 42.2 Å². The number of thioether (sulfide) groups is 1. The molecule has 1 aliphatic rings. The first-order chi connectivity index (χ1) is 13.5. The molecule has 1 saturated heterocycles. The molecule has 150 valence electrons. The Morgan fingerprint density at radius 3 is 2.32 bits per heavy atom. The van der Waals surface area contributed by atoms with Gasteiger partial charge in [0.15, 0.2) is 5.11 Å². The minimum absolute atomic E-state index is 0.352. The number of rotatable bonds is 6. The van der Waals surface area contributed by atoms with Crippen molar-refractivity contribution < 1.29 is 8.42 Å². The van der Waals surface area contributed by atoms with Gasteiger partial charge in [0.05, 0.1) is 4.90 Å². The van der Waals surface area contributed by atoms with E-state index in [1.54, 1.807) is 28.2 Å². The molecule has 28 heavy (non-hydrogen) atoms. The number of benzene rings is 2. The van der Waals surface area contributed by atoms with Crippen LogP contribution in [0.5, 0.6) is 0 Å². The first-order valence-electron chi connectivity index (χ1n) is 9.24. The second kappa shape index (κ2) is 9.73. The first-order valence-corrected chi connectivity index (χ1v) is 12.1. The summed E-state index contributed by atoms with van der Waals surface area (Å²) in [6, 6.07) is 17.3. The smallest absolute Gasteiger partial charge is 0.243 e. The van der Waals surface area contributed by atoms with Gasteiger partial charge in [-0.15, -0.1) is 11.8 Å². The van der Waals surface area contributed by atoms with E-state index < -0.39 is 10.0 Å². The van der Waals surface area contributed by atoms with E-state index >= 15 is 0 Å². The molecule has 0 saturated carbocycles. The number of piperazine rings is 1. The molecule has 1 aliphatic heterocycles. The van der Waals surface area contributed by atoms with Gasteiger partial charge in [-0.3, -0.25) is 0 Å². The second-order valence-electron chi connectivity index (χ2n) is 6.60. The second-order valence-corrected chi connectivity index (χ2v) is 10.1. The van der Waals surface area contributed by atoms with Crippen LogP contribution in [0.3, 0.4) is 0 Å². The minimum atomic E-state index is -3.44. The number of thiocarbonyl (C=S) groups is 1. The molecule has 3 rings (SSSR count).